The monoisotopic (exact) mass is 513 g/mol. The summed E-state index contributed by atoms with van der Waals surface area (Å²) in [7, 11) is -4.01. The summed E-state index contributed by atoms with van der Waals surface area (Å²) in [5, 5.41) is 11.0. The molecule has 184 valence electrons. The Hall–Kier alpha value is -1.93. The number of aliphatic hydroxyl groups is 1. The second-order valence-electron chi connectivity index (χ2n) is 7.96. The van der Waals surface area contributed by atoms with E-state index in [1.54, 1.807) is 4.90 Å². The van der Waals surface area contributed by atoms with Crippen molar-refractivity contribution in [1.29, 1.82) is 0 Å². The number of carbonyl (C=O) groups is 2. The third-order valence-electron chi connectivity index (χ3n) is 5.65. The molecule has 2 amide bonds. The molecule has 2 aliphatic rings. The van der Waals surface area contributed by atoms with Crippen LogP contribution in [0.1, 0.15) is 13.3 Å². The van der Waals surface area contributed by atoms with Gasteiger partial charge in [0.25, 0.3) is 5.91 Å². The number of carbonyl (C=O) groups excluding carboxylic acids is 2. The fourth-order valence-electron chi connectivity index (χ4n) is 3.42. The predicted molar refractivity (Wildman–Crippen MR) is 111 cm³/mol. The van der Waals surface area contributed by atoms with E-state index in [-0.39, 0.29) is 53.6 Å². The lowest BCUT2D eigenvalue weighted by Crippen LogP contribution is -2.52. The second-order valence-corrected chi connectivity index (χ2v) is 10.3. The van der Waals surface area contributed by atoms with Crippen molar-refractivity contribution in [2.45, 2.75) is 30.0 Å². The third kappa shape index (κ3) is 5.27. The van der Waals surface area contributed by atoms with Crippen LogP contribution in [0.15, 0.2) is 23.1 Å². The largest absolute Gasteiger partial charge is 0.426 e. The summed E-state index contributed by atoms with van der Waals surface area (Å²) < 4.78 is 70.8. The van der Waals surface area contributed by atoms with Crippen molar-refractivity contribution in [3.8, 4) is 0 Å². The average Bonchev–Trinajstić information content (AvgIpc) is 3.28. The highest BCUT2D eigenvalue weighted by molar-refractivity contribution is 7.89. The van der Waals surface area contributed by atoms with Crippen molar-refractivity contribution < 1.29 is 41.0 Å². The molecule has 2 atom stereocenters. The van der Waals surface area contributed by atoms with E-state index in [2.05, 4.69) is 0 Å². The van der Waals surface area contributed by atoms with Crippen molar-refractivity contribution in [1.82, 2.24) is 9.21 Å². The van der Waals surface area contributed by atoms with Crippen molar-refractivity contribution in [3.63, 3.8) is 0 Å². The first kappa shape index (κ1) is 25.7. The Kier molecular flexibility index (Phi) is 7.30. The van der Waals surface area contributed by atoms with E-state index in [1.807, 2.05) is 5.32 Å². The van der Waals surface area contributed by atoms with Crippen molar-refractivity contribution in [3.05, 3.63) is 23.2 Å². The summed E-state index contributed by atoms with van der Waals surface area (Å²) in [6.07, 6.45) is -4.59. The first-order valence-electron chi connectivity index (χ1n) is 10.0. The number of rotatable bonds is 5. The molecule has 0 radical (unpaired) electrons. The Labute approximate surface area is 193 Å². The zero-order valence-corrected chi connectivity index (χ0v) is 19.1. The van der Waals surface area contributed by atoms with Crippen LogP contribution in [0.2, 0.25) is 5.02 Å². The molecule has 1 aromatic carbocycles. The number of halogens is 4. The van der Waals surface area contributed by atoms with Gasteiger partial charge in [0, 0.05) is 32.8 Å². The number of amides is 2. The van der Waals surface area contributed by atoms with Crippen LogP contribution in [0, 0.1) is 5.92 Å². The molecular formula is C19H23ClF3N3O6S. The number of hydrogen-bond donors (Lipinski definition) is 2. The topological polar surface area (TPSA) is 116 Å². The van der Waals surface area contributed by atoms with Gasteiger partial charge in [-0.15, -0.1) is 0 Å². The highest BCUT2D eigenvalue weighted by Gasteiger charge is 2.55. The Morgan fingerprint density at radius 3 is 2.36 bits per heavy atom. The molecule has 0 aromatic heterocycles. The van der Waals surface area contributed by atoms with Crippen LogP contribution in [0.3, 0.4) is 0 Å². The van der Waals surface area contributed by atoms with Crippen molar-refractivity contribution in [2.75, 3.05) is 44.7 Å². The molecule has 2 aliphatic heterocycles. The number of piperazine rings is 1. The molecule has 0 aliphatic carbocycles. The van der Waals surface area contributed by atoms with E-state index in [0.717, 1.165) is 18.2 Å². The summed E-state index contributed by atoms with van der Waals surface area (Å²) in [5.74, 6) is -2.05. The zero-order chi connectivity index (χ0) is 24.6. The van der Waals surface area contributed by atoms with Crippen LogP contribution in [0.4, 0.5) is 18.9 Å². The number of nitrogens with zero attached hydrogens (tertiary/aromatic N) is 2. The lowest BCUT2D eigenvalue weighted by Gasteiger charge is -2.35. The lowest BCUT2D eigenvalue weighted by atomic mass is 10.1. The van der Waals surface area contributed by atoms with Gasteiger partial charge in [0.05, 0.1) is 28.1 Å². The van der Waals surface area contributed by atoms with Gasteiger partial charge in [-0.3, -0.25) is 9.59 Å². The molecule has 33 heavy (non-hydrogen) atoms. The average molecular weight is 514 g/mol. The molecule has 3 rings (SSSR count). The van der Waals surface area contributed by atoms with E-state index >= 15 is 0 Å². The number of sulfonamides is 1. The smallest absolute Gasteiger partial charge is 0.381 e. The maximum absolute atomic E-state index is 13.0. The minimum atomic E-state index is -5.22. The molecular weight excluding hydrogens is 491 g/mol. The van der Waals surface area contributed by atoms with Gasteiger partial charge in [-0.05, 0) is 31.5 Å². The summed E-state index contributed by atoms with van der Waals surface area (Å²) in [4.78, 5) is 25.7. The Morgan fingerprint density at radius 2 is 1.85 bits per heavy atom. The minimum absolute atomic E-state index is 0.0617. The quantitative estimate of drug-likeness (QED) is 0.616. The molecule has 0 bridgehead atoms. The predicted octanol–water partition coefficient (Wildman–Crippen LogP) is 1.46. The first-order chi connectivity index (χ1) is 15.2. The molecule has 2 heterocycles. The summed E-state index contributed by atoms with van der Waals surface area (Å²) in [6.45, 7) is 1.72. The number of anilines is 1. The maximum Gasteiger partial charge on any atom is 0.426 e. The maximum atomic E-state index is 13.0. The summed E-state index contributed by atoms with van der Waals surface area (Å²) >= 11 is 5.99. The van der Waals surface area contributed by atoms with Gasteiger partial charge in [0.1, 0.15) is 0 Å². The minimum Gasteiger partial charge on any atom is -0.381 e. The second kappa shape index (κ2) is 9.37. The van der Waals surface area contributed by atoms with Gasteiger partial charge in [-0.25, -0.2) is 8.42 Å². The van der Waals surface area contributed by atoms with Gasteiger partial charge >= 0.3 is 6.18 Å². The van der Waals surface area contributed by atoms with Gasteiger partial charge < -0.3 is 20.1 Å². The molecule has 2 fully saturated rings. The van der Waals surface area contributed by atoms with E-state index in [9.17, 15) is 36.3 Å². The summed E-state index contributed by atoms with van der Waals surface area (Å²) in [6, 6.07) is 3.13. The number of hydrogen-bond acceptors (Lipinski definition) is 6. The van der Waals surface area contributed by atoms with Crippen LogP contribution < -0.4 is 5.32 Å². The Balaban J connectivity index is 1.67. The molecule has 0 spiro atoms. The molecule has 0 saturated carbocycles. The van der Waals surface area contributed by atoms with E-state index in [4.69, 9.17) is 16.3 Å². The zero-order valence-electron chi connectivity index (χ0n) is 17.6. The van der Waals surface area contributed by atoms with E-state index in [0.29, 0.717) is 26.6 Å². The normalized spacial score (nSPS) is 22.1. The molecule has 9 nitrogen and oxygen atoms in total. The highest BCUT2D eigenvalue weighted by Crippen LogP contribution is 2.33. The Bertz CT molecular complexity index is 1020. The van der Waals surface area contributed by atoms with E-state index < -0.39 is 27.7 Å². The standard InChI is InChI=1S/C19H23ClF3N3O6S/c1-18(29,19(21,22)23)17(28)24-15-3-2-13(10-14(15)20)33(30,31)26-7-5-25(6-8-26)16(27)12-4-9-32-11-12/h2-3,10,12,29H,4-9,11H2,1H3,(H,24,28)/t12?,18-/m1/s1. The van der Waals surface area contributed by atoms with Crippen LogP contribution in [0.25, 0.3) is 0 Å². The fraction of sp³-hybridized carbons (Fsp3) is 0.579. The molecule has 14 heteroatoms. The molecule has 1 aromatic rings. The van der Waals surface area contributed by atoms with Crippen LogP contribution in [-0.2, 0) is 24.3 Å². The fourth-order valence-corrected chi connectivity index (χ4v) is 5.16. The van der Waals surface area contributed by atoms with Crippen LogP contribution in [0.5, 0.6) is 0 Å². The van der Waals surface area contributed by atoms with Crippen molar-refractivity contribution in [2.24, 2.45) is 5.92 Å². The molecule has 2 N–H and O–H groups in total. The van der Waals surface area contributed by atoms with Crippen molar-refractivity contribution >= 4 is 39.1 Å². The molecule has 1 unspecified atom stereocenters. The highest BCUT2D eigenvalue weighted by atomic mass is 35.5. The third-order valence-corrected chi connectivity index (χ3v) is 7.86. The van der Waals surface area contributed by atoms with Gasteiger partial charge in [0.2, 0.25) is 21.5 Å². The molecule has 2 saturated heterocycles. The lowest BCUT2D eigenvalue weighted by molar-refractivity contribution is -0.242. The van der Waals surface area contributed by atoms with Gasteiger partial charge in [-0.2, -0.15) is 17.5 Å². The number of nitrogens with one attached hydrogen (secondary N) is 1. The first-order valence-corrected chi connectivity index (χ1v) is 11.8. The summed E-state index contributed by atoms with van der Waals surface area (Å²) in [5.41, 5.74) is -3.96. The van der Waals surface area contributed by atoms with Crippen LogP contribution >= 0.6 is 11.6 Å². The van der Waals surface area contributed by atoms with Crippen LogP contribution in [-0.4, -0.2) is 85.7 Å². The van der Waals surface area contributed by atoms with Gasteiger partial charge in [-0.1, -0.05) is 11.6 Å². The number of benzene rings is 1. The number of alkyl halides is 3. The number of ether oxygens (including phenoxy) is 1. The van der Waals surface area contributed by atoms with E-state index in [1.165, 1.54) is 4.31 Å². The van der Waals surface area contributed by atoms with Gasteiger partial charge in [0.15, 0.2) is 0 Å². The Morgan fingerprint density at radius 1 is 1.21 bits per heavy atom. The SMILES string of the molecule is C[C@@](O)(C(=O)Nc1ccc(S(=O)(=O)N2CCN(C(=O)C3CCOC3)CC2)cc1Cl)C(F)(F)F.